The summed E-state index contributed by atoms with van der Waals surface area (Å²) in [5.41, 5.74) is 1.00. The molecule has 21 heavy (non-hydrogen) atoms. The van der Waals surface area contributed by atoms with E-state index >= 15 is 0 Å². The van der Waals surface area contributed by atoms with Gasteiger partial charge < -0.3 is 16.0 Å². The first-order chi connectivity index (χ1) is 9.82. The molecular formula is C16H25N3O2. The van der Waals surface area contributed by atoms with Crippen molar-refractivity contribution in [3.05, 3.63) is 24.3 Å². The number of carbonyl (C=O) groups excluding carboxylic acids is 2. The molecule has 0 bridgehead atoms. The van der Waals surface area contributed by atoms with Crippen molar-refractivity contribution in [2.75, 3.05) is 23.7 Å². The van der Waals surface area contributed by atoms with E-state index in [0.29, 0.717) is 12.2 Å². The highest BCUT2D eigenvalue weighted by Gasteiger charge is 2.20. The standard InChI is InChI=1S/C16H25N3O2/c1-5-10-17-11-14(20)18-12-6-8-13(9-7-12)19-15(21)16(2,3)4/h6-9,17H,5,10-11H2,1-4H3,(H,18,20)(H,19,21). The van der Waals surface area contributed by atoms with E-state index < -0.39 is 5.41 Å². The van der Waals surface area contributed by atoms with Crippen LogP contribution in [0.3, 0.4) is 0 Å². The molecule has 116 valence electrons. The second-order valence-electron chi connectivity index (χ2n) is 6.01. The molecule has 0 aliphatic rings. The number of benzene rings is 1. The van der Waals surface area contributed by atoms with Gasteiger partial charge in [-0.2, -0.15) is 0 Å². The van der Waals surface area contributed by atoms with Crippen LogP contribution in [-0.2, 0) is 9.59 Å². The molecule has 0 spiro atoms. The average Bonchev–Trinajstić information content (AvgIpc) is 2.40. The Morgan fingerprint density at radius 2 is 1.52 bits per heavy atom. The van der Waals surface area contributed by atoms with Crippen LogP contribution in [0.25, 0.3) is 0 Å². The summed E-state index contributed by atoms with van der Waals surface area (Å²) < 4.78 is 0. The fourth-order valence-electron chi connectivity index (χ4n) is 1.54. The van der Waals surface area contributed by atoms with E-state index in [0.717, 1.165) is 18.7 Å². The molecule has 0 fully saturated rings. The Labute approximate surface area is 126 Å². The van der Waals surface area contributed by atoms with Crippen LogP contribution < -0.4 is 16.0 Å². The Bertz CT molecular complexity index is 475. The Hall–Kier alpha value is -1.88. The zero-order valence-corrected chi connectivity index (χ0v) is 13.2. The van der Waals surface area contributed by atoms with E-state index in [9.17, 15) is 9.59 Å². The molecule has 0 aliphatic heterocycles. The number of carbonyl (C=O) groups is 2. The predicted molar refractivity (Wildman–Crippen MR) is 86.3 cm³/mol. The molecule has 0 aliphatic carbocycles. The van der Waals surface area contributed by atoms with Gasteiger partial charge in [-0.05, 0) is 37.2 Å². The third kappa shape index (κ3) is 6.40. The van der Waals surface area contributed by atoms with Gasteiger partial charge >= 0.3 is 0 Å². The van der Waals surface area contributed by atoms with E-state index in [1.807, 2.05) is 20.8 Å². The fraction of sp³-hybridized carbons (Fsp3) is 0.500. The molecule has 0 atom stereocenters. The summed E-state index contributed by atoms with van der Waals surface area (Å²) in [6.45, 7) is 8.76. The second kappa shape index (κ2) is 7.78. The van der Waals surface area contributed by atoms with Gasteiger partial charge in [0, 0.05) is 16.8 Å². The van der Waals surface area contributed by atoms with Gasteiger partial charge in [-0.3, -0.25) is 9.59 Å². The smallest absolute Gasteiger partial charge is 0.238 e. The van der Waals surface area contributed by atoms with Crippen LogP contribution in [0.15, 0.2) is 24.3 Å². The number of nitrogens with one attached hydrogen (secondary N) is 3. The summed E-state index contributed by atoms with van der Waals surface area (Å²) >= 11 is 0. The Morgan fingerprint density at radius 3 is 2.00 bits per heavy atom. The van der Waals surface area contributed by atoms with Crippen molar-refractivity contribution in [3.8, 4) is 0 Å². The average molecular weight is 291 g/mol. The number of anilines is 2. The van der Waals surface area contributed by atoms with E-state index in [-0.39, 0.29) is 11.8 Å². The molecule has 0 heterocycles. The maximum absolute atomic E-state index is 11.9. The number of hydrogen-bond donors (Lipinski definition) is 3. The fourth-order valence-corrected chi connectivity index (χ4v) is 1.54. The molecule has 5 heteroatoms. The molecule has 1 rings (SSSR count). The summed E-state index contributed by atoms with van der Waals surface area (Å²) in [6, 6.07) is 7.10. The molecule has 0 unspecified atom stereocenters. The quantitative estimate of drug-likeness (QED) is 0.706. The zero-order chi connectivity index (χ0) is 15.9. The number of amides is 2. The first-order valence-corrected chi connectivity index (χ1v) is 7.25. The lowest BCUT2D eigenvalue weighted by Crippen LogP contribution is -2.28. The predicted octanol–water partition coefficient (Wildman–Crippen LogP) is 2.61. The summed E-state index contributed by atoms with van der Waals surface area (Å²) in [6.07, 6.45) is 0.995. The highest BCUT2D eigenvalue weighted by Crippen LogP contribution is 2.18. The van der Waals surface area contributed by atoms with E-state index in [4.69, 9.17) is 0 Å². The van der Waals surface area contributed by atoms with Crippen molar-refractivity contribution in [3.63, 3.8) is 0 Å². The SMILES string of the molecule is CCCNCC(=O)Nc1ccc(NC(=O)C(C)(C)C)cc1. The molecule has 0 aromatic heterocycles. The van der Waals surface area contributed by atoms with Crippen molar-refractivity contribution < 1.29 is 9.59 Å². The van der Waals surface area contributed by atoms with Gasteiger partial charge in [-0.25, -0.2) is 0 Å². The normalized spacial score (nSPS) is 11.0. The molecule has 0 radical (unpaired) electrons. The van der Waals surface area contributed by atoms with Crippen molar-refractivity contribution in [2.45, 2.75) is 34.1 Å². The second-order valence-corrected chi connectivity index (χ2v) is 6.01. The first-order valence-electron chi connectivity index (χ1n) is 7.25. The van der Waals surface area contributed by atoms with Crippen molar-refractivity contribution in [1.82, 2.24) is 5.32 Å². The van der Waals surface area contributed by atoms with Crippen LogP contribution in [0.4, 0.5) is 11.4 Å². The molecule has 3 N–H and O–H groups in total. The maximum Gasteiger partial charge on any atom is 0.238 e. The van der Waals surface area contributed by atoms with Crippen LogP contribution in [0.2, 0.25) is 0 Å². The number of hydrogen-bond acceptors (Lipinski definition) is 3. The highest BCUT2D eigenvalue weighted by atomic mass is 16.2. The van der Waals surface area contributed by atoms with Gasteiger partial charge in [0.05, 0.1) is 6.54 Å². The van der Waals surface area contributed by atoms with E-state index in [2.05, 4.69) is 22.9 Å². The maximum atomic E-state index is 11.9. The zero-order valence-electron chi connectivity index (χ0n) is 13.2. The Balaban J connectivity index is 2.50. The molecule has 5 nitrogen and oxygen atoms in total. The molecule has 1 aromatic rings. The summed E-state index contributed by atoms with van der Waals surface area (Å²) in [5, 5.41) is 8.68. The van der Waals surface area contributed by atoms with Crippen LogP contribution in [-0.4, -0.2) is 24.9 Å². The van der Waals surface area contributed by atoms with Crippen molar-refractivity contribution in [2.24, 2.45) is 5.41 Å². The molecule has 0 saturated carbocycles. The monoisotopic (exact) mass is 291 g/mol. The topological polar surface area (TPSA) is 70.2 Å². The van der Waals surface area contributed by atoms with Crippen LogP contribution in [0, 0.1) is 5.41 Å². The van der Waals surface area contributed by atoms with Crippen molar-refractivity contribution >= 4 is 23.2 Å². The van der Waals surface area contributed by atoms with Gasteiger partial charge in [0.1, 0.15) is 0 Å². The highest BCUT2D eigenvalue weighted by molar-refractivity contribution is 5.95. The largest absolute Gasteiger partial charge is 0.326 e. The molecular weight excluding hydrogens is 266 g/mol. The van der Waals surface area contributed by atoms with Crippen LogP contribution in [0.5, 0.6) is 0 Å². The van der Waals surface area contributed by atoms with Gasteiger partial charge in [0.25, 0.3) is 0 Å². The van der Waals surface area contributed by atoms with Crippen LogP contribution in [0.1, 0.15) is 34.1 Å². The third-order valence-electron chi connectivity index (χ3n) is 2.82. The summed E-state index contributed by atoms with van der Waals surface area (Å²) in [5.74, 6) is -0.113. The minimum Gasteiger partial charge on any atom is -0.326 e. The Kier molecular flexibility index (Phi) is 6.37. The molecule has 0 saturated heterocycles. The minimum atomic E-state index is -0.433. The van der Waals surface area contributed by atoms with Gasteiger partial charge in [0.15, 0.2) is 0 Å². The molecule has 2 amide bonds. The molecule has 1 aromatic carbocycles. The van der Waals surface area contributed by atoms with Gasteiger partial charge in [-0.15, -0.1) is 0 Å². The minimum absolute atomic E-state index is 0.0388. The van der Waals surface area contributed by atoms with E-state index in [1.165, 1.54) is 0 Å². The lowest BCUT2D eigenvalue weighted by molar-refractivity contribution is -0.123. The van der Waals surface area contributed by atoms with Crippen molar-refractivity contribution in [1.29, 1.82) is 0 Å². The summed E-state index contributed by atoms with van der Waals surface area (Å²) in [4.78, 5) is 23.5. The van der Waals surface area contributed by atoms with Crippen LogP contribution >= 0.6 is 0 Å². The van der Waals surface area contributed by atoms with E-state index in [1.54, 1.807) is 24.3 Å². The Morgan fingerprint density at radius 1 is 1.00 bits per heavy atom. The number of rotatable bonds is 6. The van der Waals surface area contributed by atoms with Gasteiger partial charge in [0.2, 0.25) is 11.8 Å². The first kappa shape index (κ1) is 17.2. The van der Waals surface area contributed by atoms with Gasteiger partial charge in [-0.1, -0.05) is 27.7 Å². The third-order valence-corrected chi connectivity index (χ3v) is 2.82. The lowest BCUT2D eigenvalue weighted by Gasteiger charge is -2.17. The lowest BCUT2D eigenvalue weighted by atomic mass is 9.95. The summed E-state index contributed by atoms with van der Waals surface area (Å²) in [7, 11) is 0.